The van der Waals surface area contributed by atoms with E-state index in [1.54, 1.807) is 14.2 Å². The Hall–Kier alpha value is -3.22. The zero-order valence-electron chi connectivity index (χ0n) is 15.4. The molecule has 2 aliphatic heterocycles. The fourth-order valence-corrected chi connectivity index (χ4v) is 3.37. The molecule has 2 heterocycles. The van der Waals surface area contributed by atoms with Crippen molar-refractivity contribution < 1.29 is 23.7 Å². The van der Waals surface area contributed by atoms with E-state index in [-0.39, 0.29) is 18.7 Å². The van der Waals surface area contributed by atoms with E-state index in [0.717, 1.165) is 22.6 Å². The molecule has 2 aromatic carbocycles. The van der Waals surface area contributed by atoms with Gasteiger partial charge in [0, 0.05) is 18.9 Å². The maximum absolute atomic E-state index is 12.2. The van der Waals surface area contributed by atoms with Crippen LogP contribution >= 0.6 is 0 Å². The minimum atomic E-state index is -0.206. The van der Waals surface area contributed by atoms with Crippen LogP contribution in [-0.2, 0) is 4.79 Å². The second-order valence-electron chi connectivity index (χ2n) is 6.31. The lowest BCUT2D eigenvalue weighted by molar-refractivity contribution is -0.130. The molecule has 0 aliphatic carbocycles. The zero-order valence-corrected chi connectivity index (χ0v) is 15.4. The molecule has 7 nitrogen and oxygen atoms in total. The molecule has 1 unspecified atom stereocenters. The van der Waals surface area contributed by atoms with Crippen LogP contribution in [0.1, 0.15) is 30.5 Å². The first kappa shape index (κ1) is 17.2. The van der Waals surface area contributed by atoms with Gasteiger partial charge in [-0.15, -0.1) is 0 Å². The third-order valence-electron chi connectivity index (χ3n) is 4.73. The standard InChI is InChI=1S/C20H20N2O5/c1-12(23)22-16(14-5-6-17(24-2)19(9-14)25-3)10-15(21-22)13-4-7-18-20(8-13)27-11-26-18/h4-9,16H,10-11H2,1-3H3. The van der Waals surface area contributed by atoms with Crippen LogP contribution in [0.3, 0.4) is 0 Å². The molecule has 27 heavy (non-hydrogen) atoms. The Labute approximate surface area is 157 Å². The minimum Gasteiger partial charge on any atom is -0.493 e. The number of methoxy groups -OCH3 is 2. The second-order valence-corrected chi connectivity index (χ2v) is 6.31. The summed E-state index contributed by atoms with van der Waals surface area (Å²) in [5.74, 6) is 2.56. The van der Waals surface area contributed by atoms with Gasteiger partial charge in [0.25, 0.3) is 0 Å². The summed E-state index contributed by atoms with van der Waals surface area (Å²) in [6.45, 7) is 1.74. The average Bonchev–Trinajstić information content (AvgIpc) is 3.33. The van der Waals surface area contributed by atoms with Gasteiger partial charge in [-0.25, -0.2) is 5.01 Å². The van der Waals surface area contributed by atoms with E-state index in [1.807, 2.05) is 36.4 Å². The summed E-state index contributed by atoms with van der Waals surface area (Å²) in [5, 5.41) is 6.09. The van der Waals surface area contributed by atoms with Crippen LogP contribution in [-0.4, -0.2) is 37.6 Å². The van der Waals surface area contributed by atoms with Crippen molar-refractivity contribution in [1.82, 2.24) is 5.01 Å². The predicted molar refractivity (Wildman–Crippen MR) is 98.5 cm³/mol. The monoisotopic (exact) mass is 368 g/mol. The molecule has 0 fully saturated rings. The number of nitrogens with zero attached hydrogens (tertiary/aromatic N) is 2. The zero-order chi connectivity index (χ0) is 19.0. The van der Waals surface area contributed by atoms with Crippen molar-refractivity contribution in [2.45, 2.75) is 19.4 Å². The number of carbonyl (C=O) groups excluding carboxylic acids is 1. The molecule has 2 aliphatic rings. The number of amides is 1. The molecule has 1 atom stereocenters. The highest BCUT2D eigenvalue weighted by Crippen LogP contribution is 2.39. The van der Waals surface area contributed by atoms with Crippen molar-refractivity contribution in [3.63, 3.8) is 0 Å². The Balaban J connectivity index is 1.67. The molecule has 0 bridgehead atoms. The summed E-state index contributed by atoms with van der Waals surface area (Å²) in [4.78, 5) is 12.2. The van der Waals surface area contributed by atoms with E-state index >= 15 is 0 Å². The summed E-state index contributed by atoms with van der Waals surface area (Å²) in [5.41, 5.74) is 2.67. The third kappa shape index (κ3) is 3.05. The topological polar surface area (TPSA) is 69.6 Å². The largest absolute Gasteiger partial charge is 0.493 e. The van der Waals surface area contributed by atoms with Crippen LogP contribution in [0.4, 0.5) is 0 Å². The quantitative estimate of drug-likeness (QED) is 0.829. The van der Waals surface area contributed by atoms with Crippen LogP contribution < -0.4 is 18.9 Å². The number of hydrogen-bond acceptors (Lipinski definition) is 6. The van der Waals surface area contributed by atoms with Gasteiger partial charge in [0.05, 0.1) is 26.0 Å². The van der Waals surface area contributed by atoms with E-state index in [1.165, 1.54) is 11.9 Å². The second kappa shape index (κ2) is 6.83. The summed E-state index contributed by atoms with van der Waals surface area (Å²) >= 11 is 0. The lowest BCUT2D eigenvalue weighted by Gasteiger charge is -2.21. The van der Waals surface area contributed by atoms with Crippen molar-refractivity contribution in [2.24, 2.45) is 5.10 Å². The Morgan fingerprint density at radius 3 is 2.59 bits per heavy atom. The van der Waals surface area contributed by atoms with Gasteiger partial charge in [0.15, 0.2) is 23.0 Å². The summed E-state index contributed by atoms with van der Waals surface area (Å²) in [7, 11) is 3.18. The molecule has 0 saturated heterocycles. The number of hydrogen-bond donors (Lipinski definition) is 0. The van der Waals surface area contributed by atoms with E-state index in [9.17, 15) is 4.79 Å². The minimum absolute atomic E-state index is 0.120. The molecule has 1 amide bonds. The van der Waals surface area contributed by atoms with Gasteiger partial charge in [-0.3, -0.25) is 4.79 Å². The molecule has 7 heteroatoms. The molecule has 0 N–H and O–H groups in total. The molecule has 0 aromatic heterocycles. The molecular formula is C20H20N2O5. The smallest absolute Gasteiger partial charge is 0.240 e. The molecular weight excluding hydrogens is 348 g/mol. The number of rotatable bonds is 4. The fourth-order valence-electron chi connectivity index (χ4n) is 3.37. The van der Waals surface area contributed by atoms with E-state index in [2.05, 4.69) is 5.10 Å². The average molecular weight is 368 g/mol. The van der Waals surface area contributed by atoms with Crippen LogP contribution in [0.5, 0.6) is 23.0 Å². The Bertz CT molecular complexity index is 925. The highest BCUT2D eigenvalue weighted by molar-refractivity contribution is 6.03. The van der Waals surface area contributed by atoms with Gasteiger partial charge in [0.2, 0.25) is 12.7 Å². The summed E-state index contributed by atoms with van der Waals surface area (Å²) < 4.78 is 21.5. The van der Waals surface area contributed by atoms with Gasteiger partial charge in [0.1, 0.15) is 0 Å². The van der Waals surface area contributed by atoms with Crippen molar-refractivity contribution in [1.29, 1.82) is 0 Å². The third-order valence-corrected chi connectivity index (χ3v) is 4.73. The highest BCUT2D eigenvalue weighted by Gasteiger charge is 2.32. The molecule has 140 valence electrons. The van der Waals surface area contributed by atoms with E-state index in [4.69, 9.17) is 18.9 Å². The molecule has 2 aromatic rings. The Morgan fingerprint density at radius 2 is 1.85 bits per heavy atom. The molecule has 0 radical (unpaired) electrons. The van der Waals surface area contributed by atoms with Crippen LogP contribution in [0.15, 0.2) is 41.5 Å². The van der Waals surface area contributed by atoms with Crippen molar-refractivity contribution >= 4 is 11.6 Å². The van der Waals surface area contributed by atoms with Gasteiger partial charge in [-0.05, 0) is 35.9 Å². The van der Waals surface area contributed by atoms with E-state index < -0.39 is 0 Å². The van der Waals surface area contributed by atoms with Gasteiger partial charge in [-0.2, -0.15) is 5.10 Å². The molecule has 4 rings (SSSR count). The van der Waals surface area contributed by atoms with Crippen molar-refractivity contribution in [3.8, 4) is 23.0 Å². The van der Waals surface area contributed by atoms with Gasteiger partial charge < -0.3 is 18.9 Å². The maximum Gasteiger partial charge on any atom is 0.240 e. The number of ether oxygens (including phenoxy) is 4. The SMILES string of the molecule is COc1ccc(C2CC(c3ccc4c(c3)OCO4)=NN2C(C)=O)cc1OC. The Morgan fingerprint density at radius 1 is 1.07 bits per heavy atom. The van der Waals surface area contributed by atoms with Gasteiger partial charge >= 0.3 is 0 Å². The van der Waals surface area contributed by atoms with E-state index in [0.29, 0.717) is 23.7 Å². The Kier molecular flexibility index (Phi) is 4.35. The van der Waals surface area contributed by atoms with Crippen LogP contribution in [0.2, 0.25) is 0 Å². The summed E-state index contributed by atoms with van der Waals surface area (Å²) in [6, 6.07) is 11.1. The lowest BCUT2D eigenvalue weighted by Crippen LogP contribution is -2.24. The van der Waals surface area contributed by atoms with Crippen molar-refractivity contribution in [3.05, 3.63) is 47.5 Å². The normalized spacial score (nSPS) is 17.7. The van der Waals surface area contributed by atoms with Gasteiger partial charge in [-0.1, -0.05) is 6.07 Å². The first-order chi connectivity index (χ1) is 13.1. The predicted octanol–water partition coefficient (Wildman–Crippen LogP) is 3.13. The summed E-state index contributed by atoms with van der Waals surface area (Å²) in [6.07, 6.45) is 0.592. The first-order valence-corrected chi connectivity index (χ1v) is 8.60. The number of fused-ring (bicyclic) bond motifs is 1. The van der Waals surface area contributed by atoms with Crippen LogP contribution in [0, 0.1) is 0 Å². The number of benzene rings is 2. The number of hydrazone groups is 1. The van der Waals surface area contributed by atoms with Crippen LogP contribution in [0.25, 0.3) is 0 Å². The van der Waals surface area contributed by atoms with Crippen molar-refractivity contribution in [2.75, 3.05) is 21.0 Å². The number of carbonyl (C=O) groups is 1. The fraction of sp³-hybridized carbons (Fsp3) is 0.300. The highest BCUT2D eigenvalue weighted by atomic mass is 16.7. The first-order valence-electron chi connectivity index (χ1n) is 8.60. The molecule has 0 spiro atoms. The molecule has 0 saturated carbocycles. The lowest BCUT2D eigenvalue weighted by atomic mass is 9.98. The maximum atomic E-state index is 12.2.